The summed E-state index contributed by atoms with van der Waals surface area (Å²) in [6.45, 7) is 11.2. The Morgan fingerprint density at radius 1 is 1.55 bits per heavy atom. The fourth-order valence-electron chi connectivity index (χ4n) is 2.13. The average Bonchev–Trinajstić information content (AvgIpc) is 2.25. The Morgan fingerprint density at radius 2 is 2.15 bits per heavy atom. The summed E-state index contributed by atoms with van der Waals surface area (Å²) in [5.74, 6) is 0. The molecule has 0 aliphatic carbocycles. The van der Waals surface area contributed by atoms with Crippen molar-refractivity contribution in [2.45, 2.75) is 51.9 Å². The second kappa shape index (κ2) is 6.41. The largest absolute Gasteiger partial charge is 0.444 e. The monoisotopic (exact) mass is 283 g/mol. The van der Waals surface area contributed by atoms with Crippen LogP contribution >= 0.6 is 0 Å². The number of hydrogen-bond donors (Lipinski definition) is 2. The number of aliphatic hydroxyl groups excluding tert-OH is 2. The lowest BCUT2D eigenvalue weighted by molar-refractivity contribution is -0.0312. The van der Waals surface area contributed by atoms with E-state index >= 15 is 0 Å². The van der Waals surface area contributed by atoms with E-state index < -0.39 is 17.8 Å². The van der Waals surface area contributed by atoms with Crippen molar-refractivity contribution < 1.29 is 19.7 Å². The maximum absolute atomic E-state index is 12.0. The fourth-order valence-corrected chi connectivity index (χ4v) is 2.13. The number of ether oxygens (including phenoxy) is 1. The Hall–Kier alpha value is -1.33. The average molecular weight is 283 g/mol. The quantitative estimate of drug-likeness (QED) is 0.773. The SMILES string of the molecule is C=C/C(=C(\C)CO)C(O)[C@@H]1CCN1C(=O)OC(C)(C)C. The van der Waals surface area contributed by atoms with Crippen molar-refractivity contribution in [3.8, 4) is 0 Å². The van der Waals surface area contributed by atoms with E-state index in [-0.39, 0.29) is 12.6 Å². The summed E-state index contributed by atoms with van der Waals surface area (Å²) in [7, 11) is 0. The van der Waals surface area contributed by atoms with Gasteiger partial charge in [-0.3, -0.25) is 0 Å². The molecule has 0 bridgehead atoms. The molecule has 1 fully saturated rings. The first kappa shape index (κ1) is 16.7. The molecule has 0 saturated carbocycles. The van der Waals surface area contributed by atoms with Gasteiger partial charge in [-0.05, 0) is 45.3 Å². The summed E-state index contributed by atoms with van der Waals surface area (Å²) in [5, 5.41) is 19.5. The van der Waals surface area contributed by atoms with E-state index in [9.17, 15) is 9.90 Å². The van der Waals surface area contributed by atoms with Gasteiger partial charge < -0.3 is 19.8 Å². The Morgan fingerprint density at radius 3 is 2.50 bits per heavy atom. The van der Waals surface area contributed by atoms with Gasteiger partial charge in [0.25, 0.3) is 0 Å². The van der Waals surface area contributed by atoms with Crippen LogP contribution in [-0.4, -0.2) is 52.1 Å². The molecule has 1 amide bonds. The molecule has 1 saturated heterocycles. The summed E-state index contributed by atoms with van der Waals surface area (Å²) >= 11 is 0. The van der Waals surface area contributed by atoms with Crippen molar-refractivity contribution in [3.63, 3.8) is 0 Å². The van der Waals surface area contributed by atoms with Crippen molar-refractivity contribution in [2.75, 3.05) is 13.2 Å². The maximum Gasteiger partial charge on any atom is 0.410 e. The van der Waals surface area contributed by atoms with Crippen LogP contribution in [0.25, 0.3) is 0 Å². The molecule has 2 atom stereocenters. The Kier molecular flexibility index (Phi) is 5.36. The zero-order valence-electron chi connectivity index (χ0n) is 12.7. The lowest BCUT2D eigenvalue weighted by Gasteiger charge is -2.44. The first-order valence-corrected chi connectivity index (χ1v) is 6.82. The highest BCUT2D eigenvalue weighted by Gasteiger charge is 2.40. The molecule has 0 spiro atoms. The number of carbonyl (C=O) groups excluding carboxylic acids is 1. The number of amides is 1. The number of rotatable bonds is 4. The van der Waals surface area contributed by atoms with Crippen molar-refractivity contribution in [1.29, 1.82) is 0 Å². The highest BCUT2D eigenvalue weighted by Crippen LogP contribution is 2.28. The molecule has 5 nitrogen and oxygen atoms in total. The van der Waals surface area contributed by atoms with Gasteiger partial charge in [-0.15, -0.1) is 0 Å². The number of carbonyl (C=O) groups is 1. The summed E-state index contributed by atoms with van der Waals surface area (Å²) in [5.41, 5.74) is 0.676. The van der Waals surface area contributed by atoms with Crippen LogP contribution in [0.2, 0.25) is 0 Å². The number of aliphatic hydroxyl groups is 2. The van der Waals surface area contributed by atoms with Gasteiger partial charge in [-0.1, -0.05) is 12.7 Å². The fraction of sp³-hybridized carbons (Fsp3) is 0.667. The molecule has 1 aliphatic heterocycles. The minimum Gasteiger partial charge on any atom is -0.444 e. The van der Waals surface area contributed by atoms with E-state index in [0.29, 0.717) is 24.1 Å². The standard InChI is InChI=1S/C15H25NO4/c1-6-11(10(2)9-17)13(18)12-7-8-16(12)14(19)20-15(3,4)5/h6,12-13,17-18H,1,7-9H2,2-5H3/b11-10-/t12-,13?/m0/s1. The van der Waals surface area contributed by atoms with E-state index in [1.165, 1.54) is 11.0 Å². The molecule has 0 aromatic carbocycles. The maximum atomic E-state index is 12.0. The number of hydrogen-bond acceptors (Lipinski definition) is 4. The Bertz CT molecular complexity index is 409. The van der Waals surface area contributed by atoms with Crippen LogP contribution in [0.5, 0.6) is 0 Å². The second-order valence-corrected chi connectivity index (χ2v) is 6.07. The Balaban J connectivity index is 2.78. The second-order valence-electron chi connectivity index (χ2n) is 6.07. The summed E-state index contributed by atoms with van der Waals surface area (Å²) in [6, 6.07) is -0.320. The normalized spacial score (nSPS) is 21.7. The molecule has 1 aliphatic rings. The molecular formula is C15H25NO4. The predicted octanol–water partition coefficient (Wildman–Crippen LogP) is 1.85. The van der Waals surface area contributed by atoms with Gasteiger partial charge >= 0.3 is 6.09 Å². The van der Waals surface area contributed by atoms with E-state index in [2.05, 4.69) is 6.58 Å². The van der Waals surface area contributed by atoms with Crippen LogP contribution in [0.4, 0.5) is 4.79 Å². The molecule has 20 heavy (non-hydrogen) atoms. The first-order valence-electron chi connectivity index (χ1n) is 6.82. The third-order valence-electron chi connectivity index (χ3n) is 3.33. The molecule has 0 radical (unpaired) electrons. The molecule has 1 unspecified atom stereocenters. The van der Waals surface area contributed by atoms with Crippen LogP contribution in [0.1, 0.15) is 34.1 Å². The zero-order valence-corrected chi connectivity index (χ0v) is 12.7. The van der Waals surface area contributed by atoms with E-state index in [1.54, 1.807) is 27.7 Å². The van der Waals surface area contributed by atoms with E-state index in [1.807, 2.05) is 0 Å². The van der Waals surface area contributed by atoms with Crippen molar-refractivity contribution in [2.24, 2.45) is 0 Å². The van der Waals surface area contributed by atoms with Crippen molar-refractivity contribution in [1.82, 2.24) is 4.90 Å². The molecular weight excluding hydrogens is 258 g/mol. The molecule has 0 aromatic rings. The van der Waals surface area contributed by atoms with Crippen LogP contribution in [0.3, 0.4) is 0 Å². The van der Waals surface area contributed by atoms with Crippen LogP contribution in [-0.2, 0) is 4.74 Å². The molecule has 0 aromatic heterocycles. The lowest BCUT2D eigenvalue weighted by Crippen LogP contribution is -2.58. The lowest BCUT2D eigenvalue weighted by atomic mass is 9.90. The molecule has 1 heterocycles. The summed E-state index contributed by atoms with van der Waals surface area (Å²) in [4.78, 5) is 13.5. The van der Waals surface area contributed by atoms with Crippen LogP contribution in [0.15, 0.2) is 23.8 Å². The van der Waals surface area contributed by atoms with Gasteiger partial charge in [0.2, 0.25) is 0 Å². The van der Waals surface area contributed by atoms with E-state index in [4.69, 9.17) is 9.84 Å². The molecule has 114 valence electrons. The first-order chi connectivity index (χ1) is 9.21. The van der Waals surface area contributed by atoms with Gasteiger partial charge in [0, 0.05) is 6.54 Å². The summed E-state index contributed by atoms with van der Waals surface area (Å²) < 4.78 is 5.31. The third-order valence-corrected chi connectivity index (χ3v) is 3.33. The van der Waals surface area contributed by atoms with Gasteiger partial charge in [0.15, 0.2) is 0 Å². The van der Waals surface area contributed by atoms with Gasteiger partial charge in [-0.25, -0.2) is 4.79 Å². The van der Waals surface area contributed by atoms with Crippen molar-refractivity contribution >= 4 is 6.09 Å². The molecule has 1 rings (SSSR count). The van der Waals surface area contributed by atoms with Gasteiger partial charge in [-0.2, -0.15) is 0 Å². The molecule has 2 N–H and O–H groups in total. The van der Waals surface area contributed by atoms with Gasteiger partial charge in [0.1, 0.15) is 5.60 Å². The number of nitrogens with zero attached hydrogens (tertiary/aromatic N) is 1. The topological polar surface area (TPSA) is 70.0 Å². The van der Waals surface area contributed by atoms with Crippen LogP contribution < -0.4 is 0 Å². The molecule has 5 heteroatoms. The van der Waals surface area contributed by atoms with E-state index in [0.717, 1.165) is 0 Å². The minimum atomic E-state index is -0.846. The smallest absolute Gasteiger partial charge is 0.410 e. The predicted molar refractivity (Wildman–Crippen MR) is 77.3 cm³/mol. The minimum absolute atomic E-state index is 0.141. The highest BCUT2D eigenvalue weighted by atomic mass is 16.6. The number of likely N-dealkylation sites (tertiary alicyclic amines) is 1. The van der Waals surface area contributed by atoms with Crippen LogP contribution in [0, 0.1) is 0 Å². The zero-order chi connectivity index (χ0) is 15.5. The Labute approximate surface area is 120 Å². The highest BCUT2D eigenvalue weighted by molar-refractivity contribution is 5.70. The van der Waals surface area contributed by atoms with Crippen molar-refractivity contribution in [3.05, 3.63) is 23.8 Å². The van der Waals surface area contributed by atoms with Gasteiger partial charge in [0.05, 0.1) is 18.8 Å². The third kappa shape index (κ3) is 3.84. The summed E-state index contributed by atoms with van der Waals surface area (Å²) in [6.07, 6.45) is 0.969.